The summed E-state index contributed by atoms with van der Waals surface area (Å²) in [7, 11) is 0. The zero-order chi connectivity index (χ0) is 10.8. The molecule has 0 bridgehead atoms. The maximum Gasteiger partial charge on any atom is 0.335 e. The number of nitrogens with zero attached hydrogens (tertiary/aromatic N) is 1. The molecule has 0 amide bonds. The standard InChI is InChI=1S/C11H11NO3/c12-6-9-3-1-7-5-8(11(13)14)2-4-10(7)15-9/h2,4-5,7,9-10H,1,3H2,(H,13,14). The first kappa shape index (κ1) is 9.94. The van der Waals surface area contributed by atoms with Crippen molar-refractivity contribution in [2.45, 2.75) is 25.0 Å². The second-order valence-electron chi connectivity index (χ2n) is 3.75. The lowest BCUT2D eigenvalue weighted by molar-refractivity contribution is -0.132. The minimum absolute atomic E-state index is 0.102. The average Bonchev–Trinajstić information content (AvgIpc) is 2.27. The van der Waals surface area contributed by atoms with Gasteiger partial charge in [0.1, 0.15) is 6.10 Å². The molecule has 78 valence electrons. The van der Waals surface area contributed by atoms with E-state index in [0.717, 1.165) is 6.42 Å². The van der Waals surface area contributed by atoms with Crippen LogP contribution >= 0.6 is 0 Å². The quantitative estimate of drug-likeness (QED) is 0.699. The number of aliphatic carboxylic acids is 1. The molecule has 2 rings (SSSR count). The normalized spacial score (nSPS) is 33.8. The smallest absolute Gasteiger partial charge is 0.335 e. The fourth-order valence-corrected chi connectivity index (χ4v) is 1.96. The number of rotatable bonds is 1. The lowest BCUT2D eigenvalue weighted by atomic mass is 9.86. The summed E-state index contributed by atoms with van der Waals surface area (Å²) in [5.74, 6) is -0.808. The van der Waals surface area contributed by atoms with Gasteiger partial charge in [-0.3, -0.25) is 0 Å². The molecule has 1 aliphatic carbocycles. The predicted octanol–water partition coefficient (Wildman–Crippen LogP) is 1.25. The molecule has 0 radical (unpaired) electrons. The van der Waals surface area contributed by atoms with Crippen LogP contribution in [0.15, 0.2) is 23.8 Å². The van der Waals surface area contributed by atoms with Gasteiger partial charge >= 0.3 is 5.97 Å². The third-order valence-corrected chi connectivity index (χ3v) is 2.76. The van der Waals surface area contributed by atoms with Crippen molar-refractivity contribution in [3.8, 4) is 6.07 Å². The fourth-order valence-electron chi connectivity index (χ4n) is 1.96. The SMILES string of the molecule is N#CC1CCC2C=C(C(=O)O)C=CC2O1. The van der Waals surface area contributed by atoms with Crippen LogP contribution in [0.5, 0.6) is 0 Å². The summed E-state index contributed by atoms with van der Waals surface area (Å²) < 4.78 is 5.48. The number of carboxylic acids is 1. The molecule has 3 unspecified atom stereocenters. The van der Waals surface area contributed by atoms with Gasteiger partial charge in [-0.25, -0.2) is 4.79 Å². The van der Waals surface area contributed by atoms with E-state index in [9.17, 15) is 4.79 Å². The molecule has 0 aromatic rings. The zero-order valence-corrected chi connectivity index (χ0v) is 8.09. The number of carbonyl (C=O) groups is 1. The van der Waals surface area contributed by atoms with E-state index in [1.165, 1.54) is 0 Å². The molecular weight excluding hydrogens is 194 g/mol. The second kappa shape index (κ2) is 3.87. The van der Waals surface area contributed by atoms with Crippen molar-refractivity contribution < 1.29 is 14.6 Å². The Labute approximate surface area is 87.5 Å². The van der Waals surface area contributed by atoms with Gasteiger partial charge < -0.3 is 9.84 Å². The largest absolute Gasteiger partial charge is 0.478 e. The van der Waals surface area contributed by atoms with E-state index in [1.807, 2.05) is 0 Å². The Balaban J connectivity index is 2.12. The van der Waals surface area contributed by atoms with Crippen molar-refractivity contribution in [3.05, 3.63) is 23.8 Å². The molecule has 4 heteroatoms. The molecule has 1 heterocycles. The molecule has 0 aromatic carbocycles. The average molecular weight is 205 g/mol. The third-order valence-electron chi connectivity index (χ3n) is 2.76. The lowest BCUT2D eigenvalue weighted by Gasteiger charge is -2.32. The predicted molar refractivity (Wildman–Crippen MR) is 51.9 cm³/mol. The van der Waals surface area contributed by atoms with E-state index in [2.05, 4.69) is 6.07 Å². The van der Waals surface area contributed by atoms with Crippen LogP contribution in [0.25, 0.3) is 0 Å². The van der Waals surface area contributed by atoms with Gasteiger partial charge in [0.25, 0.3) is 0 Å². The Hall–Kier alpha value is -1.60. The first-order chi connectivity index (χ1) is 7.20. The van der Waals surface area contributed by atoms with E-state index in [-0.39, 0.29) is 18.1 Å². The Bertz CT molecular complexity index is 378. The van der Waals surface area contributed by atoms with E-state index < -0.39 is 5.97 Å². The minimum atomic E-state index is -0.910. The summed E-state index contributed by atoms with van der Waals surface area (Å²) in [6, 6.07) is 2.08. The maximum absolute atomic E-state index is 10.7. The van der Waals surface area contributed by atoms with E-state index in [1.54, 1.807) is 18.2 Å². The highest BCUT2D eigenvalue weighted by molar-refractivity contribution is 5.90. The Morgan fingerprint density at radius 1 is 1.60 bits per heavy atom. The summed E-state index contributed by atoms with van der Waals surface area (Å²) in [5, 5.41) is 17.5. The molecule has 0 saturated carbocycles. The molecule has 2 aliphatic rings. The van der Waals surface area contributed by atoms with Crippen LogP contribution < -0.4 is 0 Å². The topological polar surface area (TPSA) is 70.3 Å². The van der Waals surface area contributed by atoms with Crippen LogP contribution in [-0.2, 0) is 9.53 Å². The van der Waals surface area contributed by atoms with Gasteiger partial charge in [-0.2, -0.15) is 5.26 Å². The highest BCUT2D eigenvalue weighted by Gasteiger charge is 2.31. The van der Waals surface area contributed by atoms with Gasteiger partial charge in [0.15, 0.2) is 0 Å². The molecule has 15 heavy (non-hydrogen) atoms. The minimum Gasteiger partial charge on any atom is -0.478 e. The summed E-state index contributed by atoms with van der Waals surface area (Å²) >= 11 is 0. The first-order valence-electron chi connectivity index (χ1n) is 4.89. The molecule has 4 nitrogen and oxygen atoms in total. The number of carboxylic acid groups (broad SMARTS) is 1. The molecule has 3 atom stereocenters. The molecule has 1 fully saturated rings. The van der Waals surface area contributed by atoms with Crippen molar-refractivity contribution in [1.29, 1.82) is 5.26 Å². The fraction of sp³-hybridized carbons (Fsp3) is 0.455. The highest BCUT2D eigenvalue weighted by Crippen LogP contribution is 2.30. The van der Waals surface area contributed by atoms with Crippen molar-refractivity contribution in [1.82, 2.24) is 0 Å². The van der Waals surface area contributed by atoms with Crippen LogP contribution in [0.2, 0.25) is 0 Å². The van der Waals surface area contributed by atoms with Gasteiger partial charge in [0.2, 0.25) is 0 Å². The highest BCUT2D eigenvalue weighted by atomic mass is 16.5. The summed E-state index contributed by atoms with van der Waals surface area (Å²) in [6.45, 7) is 0. The Morgan fingerprint density at radius 3 is 3.07 bits per heavy atom. The van der Waals surface area contributed by atoms with Gasteiger partial charge in [0, 0.05) is 5.92 Å². The lowest BCUT2D eigenvalue weighted by Crippen LogP contribution is -2.34. The number of ether oxygens (including phenoxy) is 1. The van der Waals surface area contributed by atoms with Crippen LogP contribution in [0, 0.1) is 17.2 Å². The van der Waals surface area contributed by atoms with Crippen LogP contribution in [0.3, 0.4) is 0 Å². The summed E-state index contributed by atoms with van der Waals surface area (Å²) in [6.07, 6.45) is 6.00. The summed E-state index contributed by atoms with van der Waals surface area (Å²) in [5.41, 5.74) is 0.315. The zero-order valence-electron chi connectivity index (χ0n) is 8.09. The van der Waals surface area contributed by atoms with Crippen molar-refractivity contribution in [2.75, 3.05) is 0 Å². The summed E-state index contributed by atoms with van der Waals surface area (Å²) in [4.78, 5) is 10.7. The number of hydrogen-bond acceptors (Lipinski definition) is 3. The number of fused-ring (bicyclic) bond motifs is 1. The van der Waals surface area contributed by atoms with Crippen LogP contribution in [0.1, 0.15) is 12.8 Å². The molecule has 0 aromatic heterocycles. The van der Waals surface area contributed by atoms with E-state index in [4.69, 9.17) is 15.1 Å². The molecule has 1 N–H and O–H groups in total. The van der Waals surface area contributed by atoms with Gasteiger partial charge in [0.05, 0.1) is 17.7 Å². The number of nitriles is 1. The second-order valence-corrected chi connectivity index (χ2v) is 3.75. The molecule has 1 aliphatic heterocycles. The van der Waals surface area contributed by atoms with E-state index >= 15 is 0 Å². The van der Waals surface area contributed by atoms with E-state index in [0.29, 0.717) is 12.0 Å². The van der Waals surface area contributed by atoms with Crippen LogP contribution in [-0.4, -0.2) is 23.3 Å². The first-order valence-corrected chi connectivity index (χ1v) is 4.89. The van der Waals surface area contributed by atoms with Crippen molar-refractivity contribution >= 4 is 5.97 Å². The van der Waals surface area contributed by atoms with Gasteiger partial charge in [-0.15, -0.1) is 0 Å². The van der Waals surface area contributed by atoms with Crippen molar-refractivity contribution in [3.63, 3.8) is 0 Å². The Kier molecular flexibility index (Phi) is 2.57. The number of hydrogen-bond donors (Lipinski definition) is 1. The van der Waals surface area contributed by atoms with Crippen molar-refractivity contribution in [2.24, 2.45) is 5.92 Å². The Morgan fingerprint density at radius 2 is 2.40 bits per heavy atom. The molecule has 1 saturated heterocycles. The molecular formula is C11H11NO3. The molecule has 0 spiro atoms. The van der Waals surface area contributed by atoms with Gasteiger partial charge in [-0.05, 0) is 18.9 Å². The van der Waals surface area contributed by atoms with Crippen LogP contribution in [0.4, 0.5) is 0 Å². The maximum atomic E-state index is 10.7. The monoisotopic (exact) mass is 205 g/mol. The van der Waals surface area contributed by atoms with Gasteiger partial charge in [-0.1, -0.05) is 12.2 Å². The third kappa shape index (κ3) is 1.92.